The van der Waals surface area contributed by atoms with E-state index >= 15 is 0 Å². The van der Waals surface area contributed by atoms with Gasteiger partial charge in [0.2, 0.25) is 5.89 Å². The zero-order chi connectivity index (χ0) is 23.7. The summed E-state index contributed by atoms with van der Waals surface area (Å²) < 4.78 is 5.99. The van der Waals surface area contributed by atoms with Crippen LogP contribution in [0.5, 0.6) is 0 Å². The summed E-state index contributed by atoms with van der Waals surface area (Å²) in [6, 6.07) is 23.9. The fourth-order valence-corrected chi connectivity index (χ4v) is 4.37. The fraction of sp³-hybridized carbons (Fsp3) is 0.241. The molecule has 0 spiro atoms. The Morgan fingerprint density at radius 2 is 1.76 bits per heavy atom. The summed E-state index contributed by atoms with van der Waals surface area (Å²) in [6.07, 6.45) is 1.06. The van der Waals surface area contributed by atoms with E-state index in [9.17, 15) is 4.79 Å². The van der Waals surface area contributed by atoms with Crippen molar-refractivity contribution in [3.63, 3.8) is 0 Å². The second-order valence-electron chi connectivity index (χ2n) is 9.13. The van der Waals surface area contributed by atoms with Crippen molar-refractivity contribution in [3.05, 3.63) is 101 Å². The summed E-state index contributed by atoms with van der Waals surface area (Å²) in [5.41, 5.74) is 7.09. The number of carbonyl (C=O) groups excluding carboxylic acids is 1. The molecule has 0 aliphatic carbocycles. The number of rotatable bonds is 6. The first-order chi connectivity index (χ1) is 16.5. The van der Waals surface area contributed by atoms with E-state index in [1.54, 1.807) is 0 Å². The molecule has 4 aromatic rings. The number of fused-ring (bicyclic) bond motifs is 1. The number of aromatic nitrogens is 1. The molecule has 0 saturated carbocycles. The molecule has 0 atom stereocenters. The molecular formula is C29H29N3O2. The molecule has 1 amide bonds. The molecule has 1 aliphatic heterocycles. The Labute approximate surface area is 200 Å². The smallest absolute Gasteiger partial charge is 0.255 e. The molecule has 1 aromatic heterocycles. The molecule has 5 rings (SSSR count). The van der Waals surface area contributed by atoms with Crippen molar-refractivity contribution < 1.29 is 9.21 Å². The van der Waals surface area contributed by atoms with E-state index in [1.807, 2.05) is 55.5 Å². The molecule has 5 nitrogen and oxygen atoms in total. The topological polar surface area (TPSA) is 58.4 Å². The molecular weight excluding hydrogens is 422 g/mol. The van der Waals surface area contributed by atoms with Crippen LogP contribution in [0, 0.1) is 6.92 Å². The Hall–Kier alpha value is -3.86. The second-order valence-corrected chi connectivity index (χ2v) is 9.13. The van der Waals surface area contributed by atoms with Crippen LogP contribution in [0.1, 0.15) is 52.7 Å². The highest BCUT2D eigenvalue weighted by Gasteiger charge is 2.21. The molecule has 34 heavy (non-hydrogen) atoms. The molecule has 0 unspecified atom stereocenters. The van der Waals surface area contributed by atoms with Crippen LogP contribution < -0.4 is 10.2 Å². The van der Waals surface area contributed by atoms with Crippen LogP contribution in [0.25, 0.3) is 11.5 Å². The average Bonchev–Trinajstić information content (AvgIpc) is 3.43. The van der Waals surface area contributed by atoms with E-state index in [2.05, 4.69) is 48.3 Å². The van der Waals surface area contributed by atoms with Crippen molar-refractivity contribution in [2.45, 2.75) is 39.7 Å². The number of benzene rings is 3. The minimum absolute atomic E-state index is 0.138. The Bertz CT molecular complexity index is 1300. The Kier molecular flexibility index (Phi) is 5.93. The van der Waals surface area contributed by atoms with E-state index in [0.717, 1.165) is 42.2 Å². The molecule has 2 heterocycles. The number of amides is 1. The van der Waals surface area contributed by atoms with Gasteiger partial charge in [-0.1, -0.05) is 44.2 Å². The number of para-hydroxylation sites is 1. The number of oxazole rings is 1. The van der Waals surface area contributed by atoms with Crippen molar-refractivity contribution in [1.29, 1.82) is 0 Å². The van der Waals surface area contributed by atoms with Gasteiger partial charge in [0.25, 0.3) is 5.91 Å². The van der Waals surface area contributed by atoms with E-state index in [1.165, 1.54) is 16.8 Å². The van der Waals surface area contributed by atoms with Crippen molar-refractivity contribution >= 4 is 17.3 Å². The molecule has 1 aliphatic rings. The lowest BCUT2D eigenvalue weighted by Crippen LogP contribution is -2.20. The van der Waals surface area contributed by atoms with Gasteiger partial charge in [-0.25, -0.2) is 4.98 Å². The summed E-state index contributed by atoms with van der Waals surface area (Å²) in [5.74, 6) is 1.73. The van der Waals surface area contributed by atoms with E-state index in [-0.39, 0.29) is 5.91 Å². The van der Waals surface area contributed by atoms with Crippen molar-refractivity contribution in [3.8, 4) is 11.5 Å². The van der Waals surface area contributed by atoms with Gasteiger partial charge in [-0.05, 0) is 72.9 Å². The zero-order valence-electron chi connectivity index (χ0n) is 19.8. The van der Waals surface area contributed by atoms with E-state index in [0.29, 0.717) is 17.4 Å². The lowest BCUT2D eigenvalue weighted by molar-refractivity contribution is 0.102. The summed E-state index contributed by atoms with van der Waals surface area (Å²) >= 11 is 0. The third-order valence-corrected chi connectivity index (χ3v) is 6.45. The van der Waals surface area contributed by atoms with Gasteiger partial charge in [0.1, 0.15) is 11.5 Å². The van der Waals surface area contributed by atoms with Gasteiger partial charge in [0.15, 0.2) is 0 Å². The molecule has 0 saturated heterocycles. The van der Waals surface area contributed by atoms with Crippen molar-refractivity contribution in [2.75, 3.05) is 16.8 Å². The summed E-state index contributed by atoms with van der Waals surface area (Å²) in [6.45, 7) is 7.98. The van der Waals surface area contributed by atoms with Gasteiger partial charge in [-0.15, -0.1) is 0 Å². The summed E-state index contributed by atoms with van der Waals surface area (Å²) in [4.78, 5) is 19.8. The standard InChI is InChI=1S/C29H29N3O2/c1-19(2)21-12-14-25(15-13-21)30-28(33)23-8-10-24(11-9-23)29-31-26(20(3)34-29)18-32-17-16-22-6-4-5-7-27(22)32/h4-15,19H,16-18H2,1-3H3,(H,30,33). The minimum atomic E-state index is -0.138. The highest BCUT2D eigenvalue weighted by atomic mass is 16.4. The molecule has 172 valence electrons. The molecule has 0 fully saturated rings. The first-order valence-corrected chi connectivity index (χ1v) is 11.8. The van der Waals surface area contributed by atoms with Crippen LogP contribution in [0.15, 0.2) is 77.2 Å². The Morgan fingerprint density at radius 1 is 1.03 bits per heavy atom. The third-order valence-electron chi connectivity index (χ3n) is 6.45. The van der Waals surface area contributed by atoms with Gasteiger partial charge in [-0.3, -0.25) is 4.79 Å². The van der Waals surface area contributed by atoms with Gasteiger partial charge < -0.3 is 14.6 Å². The predicted octanol–water partition coefficient (Wildman–Crippen LogP) is 6.59. The number of anilines is 2. The summed E-state index contributed by atoms with van der Waals surface area (Å²) in [5, 5.41) is 2.96. The zero-order valence-corrected chi connectivity index (χ0v) is 19.8. The van der Waals surface area contributed by atoms with Gasteiger partial charge >= 0.3 is 0 Å². The molecule has 3 aromatic carbocycles. The Morgan fingerprint density at radius 3 is 2.50 bits per heavy atom. The average molecular weight is 452 g/mol. The number of nitrogens with one attached hydrogen (secondary N) is 1. The Balaban J connectivity index is 1.27. The maximum atomic E-state index is 12.7. The highest BCUT2D eigenvalue weighted by Crippen LogP contribution is 2.30. The third kappa shape index (κ3) is 4.46. The molecule has 0 radical (unpaired) electrons. The normalized spacial score (nSPS) is 12.8. The van der Waals surface area contributed by atoms with E-state index < -0.39 is 0 Å². The number of aryl methyl sites for hydroxylation is 1. The van der Waals surface area contributed by atoms with Crippen molar-refractivity contribution in [2.24, 2.45) is 0 Å². The molecule has 1 N–H and O–H groups in total. The number of hydrogen-bond donors (Lipinski definition) is 1. The quantitative estimate of drug-likeness (QED) is 0.359. The highest BCUT2D eigenvalue weighted by molar-refractivity contribution is 6.04. The monoisotopic (exact) mass is 451 g/mol. The second kappa shape index (κ2) is 9.18. The first kappa shape index (κ1) is 22.0. The van der Waals surface area contributed by atoms with Crippen LogP contribution in [0.2, 0.25) is 0 Å². The van der Waals surface area contributed by atoms with Gasteiger partial charge in [0.05, 0.1) is 6.54 Å². The SMILES string of the molecule is Cc1oc(-c2ccc(C(=O)Nc3ccc(C(C)C)cc3)cc2)nc1CN1CCc2ccccc21. The minimum Gasteiger partial charge on any atom is -0.441 e. The number of nitrogens with zero attached hydrogens (tertiary/aromatic N) is 2. The van der Waals surface area contributed by atoms with Crippen LogP contribution in [-0.4, -0.2) is 17.4 Å². The largest absolute Gasteiger partial charge is 0.441 e. The number of carbonyl (C=O) groups is 1. The molecule has 0 bridgehead atoms. The fourth-order valence-electron chi connectivity index (χ4n) is 4.37. The maximum absolute atomic E-state index is 12.7. The maximum Gasteiger partial charge on any atom is 0.255 e. The predicted molar refractivity (Wildman–Crippen MR) is 136 cm³/mol. The van der Waals surface area contributed by atoms with Gasteiger partial charge in [0, 0.05) is 29.0 Å². The van der Waals surface area contributed by atoms with Crippen molar-refractivity contribution in [1.82, 2.24) is 4.98 Å². The van der Waals surface area contributed by atoms with Crippen LogP contribution >= 0.6 is 0 Å². The first-order valence-electron chi connectivity index (χ1n) is 11.8. The summed E-state index contributed by atoms with van der Waals surface area (Å²) in [7, 11) is 0. The lowest BCUT2D eigenvalue weighted by atomic mass is 10.0. The van der Waals surface area contributed by atoms with Crippen LogP contribution in [0.4, 0.5) is 11.4 Å². The van der Waals surface area contributed by atoms with Crippen LogP contribution in [-0.2, 0) is 13.0 Å². The van der Waals surface area contributed by atoms with E-state index in [4.69, 9.17) is 9.40 Å². The molecule has 5 heteroatoms. The lowest BCUT2D eigenvalue weighted by Gasteiger charge is -2.17. The number of hydrogen-bond acceptors (Lipinski definition) is 4. The van der Waals surface area contributed by atoms with Crippen LogP contribution in [0.3, 0.4) is 0 Å². The van der Waals surface area contributed by atoms with Gasteiger partial charge in [-0.2, -0.15) is 0 Å².